The number of methoxy groups -OCH3 is 2. The normalized spacial score (nSPS) is 13.5. The van der Waals surface area contributed by atoms with Crippen molar-refractivity contribution in [2.45, 2.75) is 6.92 Å². The van der Waals surface area contributed by atoms with Crippen LogP contribution in [0.2, 0.25) is 5.02 Å². The first-order valence-electron chi connectivity index (χ1n) is 9.97. The quantitative estimate of drug-likeness (QED) is 0.506. The number of nitrogens with one attached hydrogen (secondary N) is 1. The molecule has 0 spiro atoms. The lowest BCUT2D eigenvalue weighted by molar-refractivity contribution is -0.120. The number of ether oxygens (including phenoxy) is 2. The van der Waals surface area contributed by atoms with Crippen LogP contribution in [0.4, 0.5) is 15.8 Å². The topological polar surface area (TPSA) is 67.9 Å². The van der Waals surface area contributed by atoms with Crippen LogP contribution in [0.5, 0.6) is 11.5 Å². The number of hydrogen-bond acceptors (Lipinski definition) is 5. The van der Waals surface area contributed by atoms with Crippen LogP contribution in [0.3, 0.4) is 0 Å². The summed E-state index contributed by atoms with van der Waals surface area (Å²) in [5.41, 5.74) is 2.24. The standard InChI is InChI=1S/C25H20ClFN2O4/c1-14-4-9-17(10-21(14)26)28-23-22(15-5-7-16(27)8-6-15)24(30)29(25(23)31)18-11-19(32-2)13-20(12-18)33-3/h4-13,28H,1-3H3. The zero-order chi connectivity index (χ0) is 23.7. The van der Waals surface area contributed by atoms with E-state index in [1.165, 1.54) is 38.5 Å². The van der Waals surface area contributed by atoms with Gasteiger partial charge in [-0.05, 0) is 42.3 Å². The third-order valence-corrected chi connectivity index (χ3v) is 5.66. The summed E-state index contributed by atoms with van der Waals surface area (Å²) in [4.78, 5) is 28.1. The number of amides is 2. The number of benzene rings is 3. The van der Waals surface area contributed by atoms with E-state index in [1.54, 1.807) is 36.4 Å². The van der Waals surface area contributed by atoms with Gasteiger partial charge in [-0.15, -0.1) is 0 Å². The number of nitrogens with zero attached hydrogens (tertiary/aromatic N) is 1. The van der Waals surface area contributed by atoms with Gasteiger partial charge in [0, 0.05) is 28.9 Å². The van der Waals surface area contributed by atoms with E-state index in [9.17, 15) is 14.0 Å². The molecule has 3 aromatic rings. The van der Waals surface area contributed by atoms with Crippen molar-refractivity contribution in [1.29, 1.82) is 0 Å². The summed E-state index contributed by atoms with van der Waals surface area (Å²) < 4.78 is 24.1. The molecule has 1 heterocycles. The van der Waals surface area contributed by atoms with Gasteiger partial charge in [0.1, 0.15) is 23.0 Å². The molecule has 3 aromatic carbocycles. The number of aryl methyl sites for hydroxylation is 1. The first-order chi connectivity index (χ1) is 15.8. The molecule has 0 unspecified atom stereocenters. The number of anilines is 2. The number of halogens is 2. The third kappa shape index (κ3) is 4.27. The van der Waals surface area contributed by atoms with Crippen molar-refractivity contribution < 1.29 is 23.5 Å². The minimum Gasteiger partial charge on any atom is -0.497 e. The van der Waals surface area contributed by atoms with E-state index in [0.717, 1.165) is 10.5 Å². The molecule has 1 aliphatic heterocycles. The second kappa shape index (κ2) is 8.96. The summed E-state index contributed by atoms with van der Waals surface area (Å²) >= 11 is 6.24. The van der Waals surface area contributed by atoms with E-state index < -0.39 is 17.6 Å². The van der Waals surface area contributed by atoms with Gasteiger partial charge >= 0.3 is 0 Å². The SMILES string of the molecule is COc1cc(OC)cc(N2C(=O)C(Nc3ccc(C)c(Cl)c3)=C(c3ccc(F)cc3)C2=O)c1. The predicted octanol–water partition coefficient (Wildman–Crippen LogP) is 5.20. The van der Waals surface area contributed by atoms with Crippen LogP contribution < -0.4 is 19.7 Å². The molecular formula is C25H20ClFN2O4. The fourth-order valence-electron chi connectivity index (χ4n) is 3.50. The van der Waals surface area contributed by atoms with Gasteiger partial charge in [-0.25, -0.2) is 9.29 Å². The summed E-state index contributed by atoms with van der Waals surface area (Å²) in [5.74, 6) is -0.765. The molecule has 0 aromatic heterocycles. The van der Waals surface area contributed by atoms with Crippen molar-refractivity contribution in [1.82, 2.24) is 0 Å². The van der Waals surface area contributed by atoms with Gasteiger partial charge in [0.15, 0.2) is 0 Å². The number of carbonyl (C=O) groups excluding carboxylic acids is 2. The Morgan fingerprint density at radius 1 is 0.879 bits per heavy atom. The average molecular weight is 467 g/mol. The minimum atomic E-state index is -0.577. The Morgan fingerprint density at radius 2 is 1.52 bits per heavy atom. The smallest absolute Gasteiger partial charge is 0.282 e. The van der Waals surface area contributed by atoms with Gasteiger partial charge in [-0.3, -0.25) is 9.59 Å². The van der Waals surface area contributed by atoms with E-state index in [1.807, 2.05) is 6.92 Å². The lowest BCUT2D eigenvalue weighted by Crippen LogP contribution is -2.32. The number of hydrogen-bond donors (Lipinski definition) is 1. The Bertz CT molecular complexity index is 1270. The van der Waals surface area contributed by atoms with Crippen LogP contribution in [0.1, 0.15) is 11.1 Å². The zero-order valence-corrected chi connectivity index (χ0v) is 18.9. The van der Waals surface area contributed by atoms with Crippen LogP contribution in [-0.2, 0) is 9.59 Å². The van der Waals surface area contributed by atoms with Gasteiger partial charge in [0.05, 0.1) is 25.5 Å². The first-order valence-corrected chi connectivity index (χ1v) is 10.4. The van der Waals surface area contributed by atoms with Crippen molar-refractivity contribution >= 4 is 40.4 Å². The molecule has 0 aliphatic carbocycles. The molecule has 1 aliphatic rings. The van der Waals surface area contributed by atoms with Crippen molar-refractivity contribution in [3.8, 4) is 11.5 Å². The maximum atomic E-state index is 13.5. The van der Waals surface area contributed by atoms with E-state index >= 15 is 0 Å². The molecule has 6 nitrogen and oxygen atoms in total. The van der Waals surface area contributed by atoms with Crippen LogP contribution in [0.15, 0.2) is 66.4 Å². The molecule has 0 saturated carbocycles. The average Bonchev–Trinajstić information content (AvgIpc) is 3.05. The zero-order valence-electron chi connectivity index (χ0n) is 18.1. The number of rotatable bonds is 6. The molecule has 2 amide bonds. The summed E-state index contributed by atoms with van der Waals surface area (Å²) in [6, 6.07) is 15.4. The van der Waals surface area contributed by atoms with E-state index in [-0.39, 0.29) is 17.0 Å². The summed E-state index contributed by atoms with van der Waals surface area (Å²) in [6.07, 6.45) is 0. The Balaban J connectivity index is 1.84. The minimum absolute atomic E-state index is 0.0494. The van der Waals surface area contributed by atoms with Crippen molar-refractivity contribution in [2.75, 3.05) is 24.4 Å². The molecule has 0 radical (unpaired) electrons. The lowest BCUT2D eigenvalue weighted by Gasteiger charge is -2.17. The molecule has 4 rings (SSSR count). The lowest BCUT2D eigenvalue weighted by atomic mass is 10.0. The van der Waals surface area contributed by atoms with Crippen LogP contribution in [0, 0.1) is 12.7 Å². The molecule has 0 fully saturated rings. The molecule has 33 heavy (non-hydrogen) atoms. The highest BCUT2D eigenvalue weighted by Gasteiger charge is 2.40. The highest BCUT2D eigenvalue weighted by molar-refractivity contribution is 6.46. The first kappa shape index (κ1) is 22.4. The van der Waals surface area contributed by atoms with E-state index in [4.69, 9.17) is 21.1 Å². The van der Waals surface area contributed by atoms with Crippen LogP contribution >= 0.6 is 11.6 Å². The second-order valence-corrected chi connectivity index (χ2v) is 7.77. The van der Waals surface area contributed by atoms with E-state index in [0.29, 0.717) is 27.8 Å². The fraction of sp³-hybridized carbons (Fsp3) is 0.120. The largest absolute Gasteiger partial charge is 0.497 e. The van der Waals surface area contributed by atoms with Gasteiger partial charge in [0.2, 0.25) is 0 Å². The molecular weight excluding hydrogens is 447 g/mol. The fourth-order valence-corrected chi connectivity index (χ4v) is 3.68. The van der Waals surface area contributed by atoms with Crippen LogP contribution in [0.25, 0.3) is 5.57 Å². The maximum absolute atomic E-state index is 13.5. The predicted molar refractivity (Wildman–Crippen MR) is 125 cm³/mol. The maximum Gasteiger partial charge on any atom is 0.282 e. The summed E-state index contributed by atoms with van der Waals surface area (Å²) in [6.45, 7) is 1.86. The third-order valence-electron chi connectivity index (χ3n) is 5.25. The Kier molecular flexibility index (Phi) is 6.07. The highest BCUT2D eigenvalue weighted by atomic mass is 35.5. The molecule has 0 saturated heterocycles. The molecule has 1 N–H and O–H groups in total. The Hall–Kier alpha value is -3.84. The van der Waals surface area contributed by atoms with E-state index in [2.05, 4.69) is 5.32 Å². The molecule has 0 atom stereocenters. The van der Waals surface area contributed by atoms with Crippen LogP contribution in [-0.4, -0.2) is 26.0 Å². The van der Waals surface area contributed by atoms with Crippen molar-refractivity contribution in [3.63, 3.8) is 0 Å². The van der Waals surface area contributed by atoms with Gasteiger partial charge < -0.3 is 14.8 Å². The number of imide groups is 1. The molecule has 168 valence electrons. The van der Waals surface area contributed by atoms with Gasteiger partial charge in [0.25, 0.3) is 11.8 Å². The molecule has 0 bridgehead atoms. The van der Waals surface area contributed by atoms with Gasteiger partial charge in [-0.1, -0.05) is 29.8 Å². The number of carbonyl (C=O) groups is 2. The molecule has 8 heteroatoms. The summed E-state index contributed by atoms with van der Waals surface area (Å²) in [7, 11) is 2.95. The highest BCUT2D eigenvalue weighted by Crippen LogP contribution is 2.37. The summed E-state index contributed by atoms with van der Waals surface area (Å²) in [5, 5.41) is 3.55. The Morgan fingerprint density at radius 3 is 2.09 bits per heavy atom. The van der Waals surface area contributed by atoms with Crippen molar-refractivity contribution in [2.24, 2.45) is 0 Å². The second-order valence-electron chi connectivity index (χ2n) is 7.36. The Labute approximate surface area is 195 Å². The van der Waals surface area contributed by atoms with Gasteiger partial charge in [-0.2, -0.15) is 0 Å². The monoisotopic (exact) mass is 466 g/mol. The van der Waals surface area contributed by atoms with Crippen molar-refractivity contribution in [3.05, 3.63) is 88.3 Å².